The summed E-state index contributed by atoms with van der Waals surface area (Å²) in [5, 5.41) is 6.28. The van der Waals surface area contributed by atoms with Crippen LogP contribution < -0.4 is 20.1 Å². The molecular formula is C17H28ClN3O3. The van der Waals surface area contributed by atoms with E-state index in [2.05, 4.69) is 15.5 Å². The largest absolute Gasteiger partial charge is 0.490 e. The molecule has 0 aliphatic carbocycles. The highest BCUT2D eigenvalue weighted by Crippen LogP contribution is 2.30. The van der Waals surface area contributed by atoms with E-state index in [1.165, 1.54) is 0 Å². The normalized spacial score (nSPS) is 15.1. The molecule has 1 heterocycles. The first kappa shape index (κ1) is 20.5. The highest BCUT2D eigenvalue weighted by molar-refractivity contribution is 5.92. The predicted molar refractivity (Wildman–Crippen MR) is 98.6 cm³/mol. The first-order chi connectivity index (χ1) is 11.2. The van der Waals surface area contributed by atoms with Crippen molar-refractivity contribution in [3.8, 4) is 11.5 Å². The van der Waals surface area contributed by atoms with Crippen molar-refractivity contribution >= 4 is 24.0 Å². The number of nitrogens with zero attached hydrogens (tertiary/aromatic N) is 1. The van der Waals surface area contributed by atoms with Crippen LogP contribution in [0.1, 0.15) is 20.3 Å². The Balaban J connectivity index is 0.00000288. The lowest BCUT2D eigenvalue weighted by atomic mass is 10.2. The molecule has 0 radical (unpaired) electrons. The Bertz CT molecular complexity index is 506. The van der Waals surface area contributed by atoms with Crippen LogP contribution in [0.25, 0.3) is 0 Å². The summed E-state index contributed by atoms with van der Waals surface area (Å²) in [7, 11) is 0. The molecule has 1 saturated heterocycles. The highest BCUT2D eigenvalue weighted by Gasteiger charge is 2.14. The van der Waals surface area contributed by atoms with Gasteiger partial charge < -0.3 is 20.1 Å². The van der Waals surface area contributed by atoms with E-state index in [9.17, 15) is 4.79 Å². The topological polar surface area (TPSA) is 62.8 Å². The van der Waals surface area contributed by atoms with Gasteiger partial charge >= 0.3 is 0 Å². The van der Waals surface area contributed by atoms with Gasteiger partial charge in [-0.2, -0.15) is 0 Å². The van der Waals surface area contributed by atoms with E-state index in [1.807, 2.05) is 32.0 Å². The summed E-state index contributed by atoms with van der Waals surface area (Å²) < 4.78 is 11.1. The number of amides is 1. The van der Waals surface area contributed by atoms with Gasteiger partial charge in [-0.25, -0.2) is 0 Å². The van der Waals surface area contributed by atoms with Crippen molar-refractivity contribution in [3.63, 3.8) is 0 Å². The van der Waals surface area contributed by atoms with Crippen LogP contribution in [0.5, 0.6) is 11.5 Å². The summed E-state index contributed by atoms with van der Waals surface area (Å²) in [6.07, 6.45) is 1.07. The Morgan fingerprint density at radius 1 is 1.17 bits per heavy atom. The lowest BCUT2D eigenvalue weighted by molar-refractivity contribution is -0.117. The number of carbonyl (C=O) groups is 1. The lowest BCUT2D eigenvalue weighted by Crippen LogP contribution is -2.35. The molecule has 1 amide bonds. The standard InChI is InChI=1S/C17H27N3O3.ClH/c1-3-22-15-7-6-14(12-16(15)23-4-2)19-17(21)13-20-10-5-8-18-9-11-20;/h6-7,12,18H,3-5,8-11,13H2,1-2H3,(H,19,21);1H. The van der Waals surface area contributed by atoms with Crippen molar-refractivity contribution in [1.82, 2.24) is 10.2 Å². The molecule has 0 spiro atoms. The van der Waals surface area contributed by atoms with Gasteiger partial charge in [0.1, 0.15) is 0 Å². The molecule has 1 aromatic carbocycles. The second-order valence-corrected chi connectivity index (χ2v) is 5.46. The first-order valence-corrected chi connectivity index (χ1v) is 8.35. The van der Waals surface area contributed by atoms with Crippen molar-refractivity contribution in [3.05, 3.63) is 18.2 Å². The van der Waals surface area contributed by atoms with Crippen LogP contribution >= 0.6 is 12.4 Å². The summed E-state index contributed by atoms with van der Waals surface area (Å²) in [6.45, 7) is 9.22. The molecule has 24 heavy (non-hydrogen) atoms. The van der Waals surface area contributed by atoms with Gasteiger partial charge in [-0.3, -0.25) is 9.69 Å². The van der Waals surface area contributed by atoms with Crippen molar-refractivity contribution in [2.24, 2.45) is 0 Å². The molecular weight excluding hydrogens is 330 g/mol. The zero-order valence-electron chi connectivity index (χ0n) is 14.5. The number of benzene rings is 1. The molecule has 0 bridgehead atoms. The second-order valence-electron chi connectivity index (χ2n) is 5.46. The Morgan fingerprint density at radius 3 is 2.67 bits per heavy atom. The van der Waals surface area contributed by atoms with E-state index >= 15 is 0 Å². The van der Waals surface area contributed by atoms with E-state index in [-0.39, 0.29) is 18.3 Å². The fraction of sp³-hybridized carbons (Fsp3) is 0.588. The average Bonchev–Trinajstić information content (AvgIpc) is 2.79. The maximum atomic E-state index is 12.2. The average molecular weight is 358 g/mol. The SMILES string of the molecule is CCOc1ccc(NC(=O)CN2CCCNCC2)cc1OCC.Cl. The molecule has 1 fully saturated rings. The molecule has 2 N–H and O–H groups in total. The van der Waals surface area contributed by atoms with Crippen LogP contribution in [0.3, 0.4) is 0 Å². The molecule has 6 nitrogen and oxygen atoms in total. The van der Waals surface area contributed by atoms with E-state index < -0.39 is 0 Å². The monoisotopic (exact) mass is 357 g/mol. The third-order valence-electron chi connectivity index (χ3n) is 3.63. The van der Waals surface area contributed by atoms with Gasteiger partial charge in [-0.1, -0.05) is 0 Å². The van der Waals surface area contributed by atoms with E-state index in [1.54, 1.807) is 0 Å². The van der Waals surface area contributed by atoms with Gasteiger partial charge in [0.2, 0.25) is 5.91 Å². The molecule has 1 aliphatic rings. The van der Waals surface area contributed by atoms with Crippen molar-refractivity contribution in [2.75, 3.05) is 51.3 Å². The number of hydrogen-bond acceptors (Lipinski definition) is 5. The molecule has 1 aliphatic heterocycles. The number of rotatable bonds is 7. The fourth-order valence-electron chi connectivity index (χ4n) is 2.59. The maximum Gasteiger partial charge on any atom is 0.238 e. The quantitative estimate of drug-likeness (QED) is 0.782. The van der Waals surface area contributed by atoms with Crippen molar-refractivity contribution < 1.29 is 14.3 Å². The summed E-state index contributed by atoms with van der Waals surface area (Å²) >= 11 is 0. The van der Waals surface area contributed by atoms with Crippen molar-refractivity contribution in [1.29, 1.82) is 0 Å². The van der Waals surface area contributed by atoms with Gasteiger partial charge in [-0.05, 0) is 45.5 Å². The minimum atomic E-state index is -0.00138. The number of anilines is 1. The number of halogens is 1. The number of carbonyl (C=O) groups excluding carboxylic acids is 1. The Hall–Kier alpha value is -1.50. The molecule has 136 valence electrons. The zero-order chi connectivity index (χ0) is 16.5. The Morgan fingerprint density at radius 2 is 1.92 bits per heavy atom. The number of nitrogens with one attached hydrogen (secondary N) is 2. The second kappa shape index (κ2) is 11.1. The number of ether oxygens (including phenoxy) is 2. The Labute approximate surface area is 150 Å². The zero-order valence-corrected chi connectivity index (χ0v) is 15.3. The highest BCUT2D eigenvalue weighted by atomic mass is 35.5. The maximum absolute atomic E-state index is 12.2. The fourth-order valence-corrected chi connectivity index (χ4v) is 2.59. The summed E-state index contributed by atoms with van der Waals surface area (Å²) in [5.74, 6) is 1.36. The third-order valence-corrected chi connectivity index (χ3v) is 3.63. The van der Waals surface area contributed by atoms with Gasteiger partial charge in [-0.15, -0.1) is 12.4 Å². The summed E-state index contributed by atoms with van der Waals surface area (Å²) in [4.78, 5) is 14.4. The van der Waals surface area contributed by atoms with Crippen LogP contribution in [0.15, 0.2) is 18.2 Å². The molecule has 1 aromatic rings. The van der Waals surface area contributed by atoms with Gasteiger partial charge in [0.15, 0.2) is 11.5 Å². The van der Waals surface area contributed by atoms with Gasteiger partial charge in [0.25, 0.3) is 0 Å². The minimum absolute atomic E-state index is 0. The van der Waals surface area contributed by atoms with Crippen LogP contribution in [0.2, 0.25) is 0 Å². The Kier molecular flexibility index (Phi) is 9.52. The predicted octanol–water partition coefficient (Wildman–Crippen LogP) is 2.14. The molecule has 0 unspecified atom stereocenters. The van der Waals surface area contributed by atoms with Gasteiger partial charge in [0, 0.05) is 24.8 Å². The van der Waals surface area contributed by atoms with E-state index in [0.717, 1.165) is 38.3 Å². The van der Waals surface area contributed by atoms with Gasteiger partial charge in [0.05, 0.1) is 19.8 Å². The summed E-state index contributed by atoms with van der Waals surface area (Å²) in [6, 6.07) is 5.49. The third kappa shape index (κ3) is 6.55. The molecule has 0 saturated carbocycles. The first-order valence-electron chi connectivity index (χ1n) is 8.35. The van der Waals surface area contributed by atoms with Crippen LogP contribution in [-0.4, -0.2) is 56.7 Å². The lowest BCUT2D eigenvalue weighted by Gasteiger charge is -2.19. The number of hydrogen-bond donors (Lipinski definition) is 2. The minimum Gasteiger partial charge on any atom is -0.490 e. The van der Waals surface area contributed by atoms with Crippen LogP contribution in [0.4, 0.5) is 5.69 Å². The van der Waals surface area contributed by atoms with Crippen LogP contribution in [-0.2, 0) is 4.79 Å². The van der Waals surface area contributed by atoms with Crippen molar-refractivity contribution in [2.45, 2.75) is 20.3 Å². The molecule has 2 rings (SSSR count). The van der Waals surface area contributed by atoms with Crippen LogP contribution in [0, 0.1) is 0 Å². The summed E-state index contributed by atoms with van der Waals surface area (Å²) in [5.41, 5.74) is 0.731. The molecule has 0 aromatic heterocycles. The van der Waals surface area contributed by atoms with E-state index in [4.69, 9.17) is 9.47 Å². The molecule has 7 heteroatoms. The molecule has 0 atom stereocenters. The van der Waals surface area contributed by atoms with E-state index in [0.29, 0.717) is 31.3 Å². The smallest absolute Gasteiger partial charge is 0.238 e.